The van der Waals surface area contributed by atoms with Gasteiger partial charge in [0.15, 0.2) is 0 Å². The van der Waals surface area contributed by atoms with E-state index in [1.54, 1.807) is 12.1 Å². The first kappa shape index (κ1) is 31.2. The highest BCUT2D eigenvalue weighted by atomic mass is 32.1. The maximum atomic E-state index is 13.1. The number of amides is 3. The van der Waals surface area contributed by atoms with Crippen LogP contribution in [0.4, 0.5) is 0 Å². The highest BCUT2D eigenvalue weighted by Crippen LogP contribution is 2.12. The van der Waals surface area contributed by atoms with Crippen molar-refractivity contribution in [1.82, 2.24) is 16.0 Å². The van der Waals surface area contributed by atoms with E-state index < -0.39 is 47.9 Å². The number of carbonyl (C=O) groups excluding carboxylic acids is 3. The third kappa shape index (κ3) is 11.3. The number of phenolic OH excluding ortho intramolecular Hbond substituents is 1. The lowest BCUT2D eigenvalue weighted by Crippen LogP contribution is -2.58. The van der Waals surface area contributed by atoms with Crippen LogP contribution in [-0.4, -0.2) is 70.4 Å². The number of aliphatic carboxylic acids is 1. The minimum atomic E-state index is -1.19. The van der Waals surface area contributed by atoms with E-state index in [-0.39, 0.29) is 30.3 Å². The first-order chi connectivity index (χ1) is 17.0. The zero-order chi connectivity index (χ0) is 27.3. The number of hydrogen-bond donors (Lipinski definition) is 8. The summed E-state index contributed by atoms with van der Waals surface area (Å²) >= 11 is 4.13. The highest BCUT2D eigenvalue weighted by molar-refractivity contribution is 7.80. The van der Waals surface area contributed by atoms with Crippen molar-refractivity contribution in [2.45, 2.75) is 70.1 Å². The van der Waals surface area contributed by atoms with E-state index in [2.05, 4.69) is 28.6 Å². The van der Waals surface area contributed by atoms with Crippen molar-refractivity contribution < 1.29 is 29.4 Å². The van der Waals surface area contributed by atoms with Crippen LogP contribution in [0.3, 0.4) is 0 Å². The molecule has 0 heterocycles. The zero-order valence-electron chi connectivity index (χ0n) is 20.8. The smallest absolute Gasteiger partial charge is 0.326 e. The van der Waals surface area contributed by atoms with Crippen LogP contribution in [0, 0.1) is 5.92 Å². The summed E-state index contributed by atoms with van der Waals surface area (Å²) in [5, 5.41) is 26.6. The van der Waals surface area contributed by atoms with Crippen LogP contribution in [0.25, 0.3) is 0 Å². The van der Waals surface area contributed by atoms with Crippen LogP contribution in [-0.2, 0) is 25.6 Å². The van der Waals surface area contributed by atoms with Crippen molar-refractivity contribution in [3.8, 4) is 5.75 Å². The molecule has 0 aliphatic heterocycles. The predicted molar refractivity (Wildman–Crippen MR) is 139 cm³/mol. The number of aromatic hydroxyl groups is 1. The van der Waals surface area contributed by atoms with Crippen molar-refractivity contribution in [2.24, 2.45) is 17.4 Å². The van der Waals surface area contributed by atoms with Gasteiger partial charge in [-0.2, -0.15) is 12.6 Å². The summed E-state index contributed by atoms with van der Waals surface area (Å²) in [6.45, 7) is 4.25. The molecule has 1 aromatic rings. The first-order valence-electron chi connectivity index (χ1n) is 12.0. The summed E-state index contributed by atoms with van der Waals surface area (Å²) < 4.78 is 0. The van der Waals surface area contributed by atoms with Crippen LogP contribution in [0.15, 0.2) is 24.3 Å². The molecule has 0 aromatic heterocycles. The molecule has 36 heavy (non-hydrogen) atoms. The summed E-state index contributed by atoms with van der Waals surface area (Å²) in [6.07, 6.45) is 1.82. The number of hydrogen-bond acceptors (Lipinski definition) is 8. The molecular formula is C24H39N5O6S. The maximum absolute atomic E-state index is 13.1. The lowest BCUT2D eigenvalue weighted by atomic mass is 10.0. The number of thiol groups is 1. The minimum absolute atomic E-state index is 0.0500. The molecule has 3 amide bonds. The predicted octanol–water partition coefficient (Wildman–Crippen LogP) is -0.0941. The molecule has 0 spiro atoms. The van der Waals surface area contributed by atoms with Gasteiger partial charge < -0.3 is 37.6 Å². The topological polar surface area (TPSA) is 197 Å². The van der Waals surface area contributed by atoms with Gasteiger partial charge in [0.1, 0.15) is 23.9 Å². The Morgan fingerprint density at radius 2 is 1.47 bits per heavy atom. The lowest BCUT2D eigenvalue weighted by molar-refractivity contribution is -0.142. The number of rotatable bonds is 16. The van der Waals surface area contributed by atoms with Gasteiger partial charge in [-0.15, -0.1) is 0 Å². The van der Waals surface area contributed by atoms with Gasteiger partial charge in [0.2, 0.25) is 17.7 Å². The third-order valence-corrected chi connectivity index (χ3v) is 5.81. The number of carboxylic acid groups (broad SMARTS) is 1. The van der Waals surface area contributed by atoms with Gasteiger partial charge in [0, 0.05) is 12.2 Å². The molecule has 12 heteroatoms. The molecule has 4 atom stereocenters. The van der Waals surface area contributed by atoms with Crippen LogP contribution >= 0.6 is 12.6 Å². The van der Waals surface area contributed by atoms with E-state index >= 15 is 0 Å². The van der Waals surface area contributed by atoms with Crippen LogP contribution in [0.1, 0.15) is 45.1 Å². The Labute approximate surface area is 217 Å². The van der Waals surface area contributed by atoms with Gasteiger partial charge in [-0.1, -0.05) is 26.0 Å². The van der Waals surface area contributed by atoms with Gasteiger partial charge >= 0.3 is 5.97 Å². The second-order valence-corrected chi connectivity index (χ2v) is 9.46. The molecule has 0 radical (unpaired) electrons. The third-order valence-electron chi connectivity index (χ3n) is 5.45. The van der Waals surface area contributed by atoms with Crippen molar-refractivity contribution >= 4 is 36.3 Å². The number of benzene rings is 1. The number of phenols is 1. The number of carboxylic acids is 1. The van der Waals surface area contributed by atoms with Gasteiger partial charge in [-0.05, 0) is 55.8 Å². The van der Waals surface area contributed by atoms with Gasteiger partial charge in [0.05, 0.1) is 6.04 Å². The summed E-state index contributed by atoms with van der Waals surface area (Å²) in [6, 6.07) is 1.96. The van der Waals surface area contributed by atoms with E-state index in [0.29, 0.717) is 31.4 Å². The molecule has 0 bridgehead atoms. The molecule has 4 unspecified atom stereocenters. The Balaban J connectivity index is 2.98. The highest BCUT2D eigenvalue weighted by Gasteiger charge is 2.30. The van der Waals surface area contributed by atoms with Crippen molar-refractivity contribution in [2.75, 3.05) is 12.3 Å². The molecule has 9 N–H and O–H groups in total. The Kier molecular flexibility index (Phi) is 13.9. The fraction of sp³-hybridized carbons (Fsp3) is 0.583. The van der Waals surface area contributed by atoms with Crippen molar-refractivity contribution in [1.29, 1.82) is 0 Å². The molecule has 11 nitrogen and oxygen atoms in total. The van der Waals surface area contributed by atoms with Gasteiger partial charge in [-0.25, -0.2) is 4.79 Å². The molecule has 0 aliphatic carbocycles. The molecular weight excluding hydrogens is 486 g/mol. The van der Waals surface area contributed by atoms with Crippen LogP contribution in [0.2, 0.25) is 0 Å². The van der Waals surface area contributed by atoms with E-state index in [1.807, 2.05) is 13.8 Å². The fourth-order valence-corrected chi connectivity index (χ4v) is 3.72. The average Bonchev–Trinajstić information content (AvgIpc) is 2.81. The molecule has 1 aromatic carbocycles. The Morgan fingerprint density at radius 3 is 2.00 bits per heavy atom. The lowest BCUT2D eigenvalue weighted by Gasteiger charge is -2.25. The molecule has 0 aliphatic rings. The number of nitrogens with two attached hydrogens (primary N) is 2. The molecule has 202 valence electrons. The van der Waals surface area contributed by atoms with Crippen LogP contribution in [0.5, 0.6) is 5.75 Å². The summed E-state index contributed by atoms with van der Waals surface area (Å²) in [5.74, 6) is -2.95. The summed E-state index contributed by atoms with van der Waals surface area (Å²) in [5.41, 5.74) is 12.1. The first-order valence-corrected chi connectivity index (χ1v) is 12.6. The van der Waals surface area contributed by atoms with E-state index in [9.17, 15) is 29.4 Å². The fourth-order valence-electron chi connectivity index (χ4n) is 3.46. The quantitative estimate of drug-likeness (QED) is 0.108. The number of nitrogens with one attached hydrogen (secondary N) is 3. The standard InChI is InChI=1S/C24H39N5O6S/c1-14(2)11-17(26)21(31)28-19(12-15-6-8-16(30)9-7-15)22(32)29-20(13-36)23(33)27-18(24(34)35)5-3-4-10-25/h6-9,14,17-20,30,36H,3-5,10-13,25-26H2,1-2H3,(H,27,33)(H,28,31)(H,29,32)(H,34,35). The zero-order valence-corrected chi connectivity index (χ0v) is 21.7. The summed E-state index contributed by atoms with van der Waals surface area (Å²) in [4.78, 5) is 50.0. The largest absolute Gasteiger partial charge is 0.508 e. The minimum Gasteiger partial charge on any atom is -0.508 e. The normalized spacial score (nSPS) is 14.4. The second-order valence-electron chi connectivity index (χ2n) is 9.10. The Morgan fingerprint density at radius 1 is 0.917 bits per heavy atom. The Bertz CT molecular complexity index is 867. The molecule has 1 rings (SSSR count). The van der Waals surface area contributed by atoms with E-state index in [4.69, 9.17) is 11.5 Å². The number of carbonyl (C=O) groups is 4. The number of unbranched alkanes of at least 4 members (excludes halogenated alkanes) is 1. The SMILES string of the molecule is CC(C)CC(N)C(=O)NC(Cc1ccc(O)cc1)C(=O)NC(CS)C(=O)NC(CCCCN)C(=O)O. The van der Waals surface area contributed by atoms with E-state index in [1.165, 1.54) is 12.1 Å². The van der Waals surface area contributed by atoms with Gasteiger partial charge in [0.25, 0.3) is 0 Å². The van der Waals surface area contributed by atoms with Gasteiger partial charge in [-0.3, -0.25) is 14.4 Å². The van der Waals surface area contributed by atoms with Crippen molar-refractivity contribution in [3.63, 3.8) is 0 Å². The van der Waals surface area contributed by atoms with E-state index in [0.717, 1.165) is 0 Å². The van der Waals surface area contributed by atoms with Crippen LogP contribution < -0.4 is 27.4 Å². The molecule has 0 saturated carbocycles. The average molecular weight is 526 g/mol. The molecule has 0 saturated heterocycles. The Hall–Kier alpha value is -2.83. The summed E-state index contributed by atoms with van der Waals surface area (Å²) in [7, 11) is 0. The second kappa shape index (κ2) is 16.0. The monoisotopic (exact) mass is 525 g/mol. The van der Waals surface area contributed by atoms with Crippen molar-refractivity contribution in [3.05, 3.63) is 29.8 Å². The maximum Gasteiger partial charge on any atom is 0.326 e. The molecule has 0 fully saturated rings.